The number of carbonyl (C=O) groups is 2. The van der Waals surface area contributed by atoms with E-state index in [1.165, 1.54) is 12.1 Å². The van der Waals surface area contributed by atoms with E-state index in [0.29, 0.717) is 12.3 Å². The van der Waals surface area contributed by atoms with E-state index in [0.717, 1.165) is 17.4 Å². The van der Waals surface area contributed by atoms with Crippen LogP contribution in [-0.2, 0) is 11.3 Å². The summed E-state index contributed by atoms with van der Waals surface area (Å²) in [6.45, 7) is 1.98. The van der Waals surface area contributed by atoms with E-state index in [2.05, 4.69) is 15.8 Å². The second kappa shape index (κ2) is 9.23. The minimum atomic E-state index is -0.566. The fourth-order valence-electron chi connectivity index (χ4n) is 2.15. The number of nitrogens with one attached hydrogen (secondary N) is 2. The van der Waals surface area contributed by atoms with Gasteiger partial charge in [0.25, 0.3) is 5.91 Å². The van der Waals surface area contributed by atoms with E-state index in [4.69, 9.17) is 4.74 Å². The van der Waals surface area contributed by atoms with E-state index in [1.54, 1.807) is 14.0 Å². The Morgan fingerprint density at radius 3 is 2.41 bits per heavy atom. The van der Waals surface area contributed by atoms with Gasteiger partial charge in [-0.05, 0) is 42.8 Å². The number of hydrogen-bond acceptors (Lipinski definition) is 6. The van der Waals surface area contributed by atoms with Crippen molar-refractivity contribution in [1.82, 2.24) is 10.7 Å². The van der Waals surface area contributed by atoms with Gasteiger partial charge in [0.2, 0.25) is 5.91 Å². The summed E-state index contributed by atoms with van der Waals surface area (Å²) in [6.07, 6.45) is 0.0251. The maximum atomic E-state index is 12.0. The Morgan fingerprint density at radius 1 is 1.07 bits per heavy atom. The Bertz CT molecular complexity index is 847. The molecule has 0 saturated heterocycles. The molecular weight excluding hydrogens is 350 g/mol. The highest BCUT2D eigenvalue weighted by Gasteiger charge is 2.09. The van der Waals surface area contributed by atoms with Crippen LogP contribution in [-0.4, -0.2) is 34.8 Å². The maximum absolute atomic E-state index is 12.0. The molecule has 2 aromatic rings. The Labute approximate surface area is 156 Å². The first-order valence-corrected chi connectivity index (χ1v) is 8.14. The summed E-state index contributed by atoms with van der Waals surface area (Å²) in [5.41, 5.74) is 3.78. The smallest absolute Gasteiger partial charge is 0.271 e. The lowest BCUT2D eigenvalue weighted by Crippen LogP contribution is -2.26. The highest BCUT2D eigenvalue weighted by molar-refractivity contribution is 6.01. The minimum Gasteiger partial charge on any atom is -0.504 e. The molecule has 0 spiro atoms. The monoisotopic (exact) mass is 371 g/mol. The molecule has 0 aromatic heterocycles. The Morgan fingerprint density at radius 2 is 1.78 bits per heavy atom. The van der Waals surface area contributed by atoms with Crippen LogP contribution in [0, 0.1) is 0 Å². The lowest BCUT2D eigenvalue weighted by molar-refractivity contribution is -0.120. The van der Waals surface area contributed by atoms with Gasteiger partial charge in [-0.25, -0.2) is 5.43 Å². The SMILES string of the molecule is COc1ccc(CNC(=O)CC(C)=NNC(=O)c2ccc(O)c(O)c2)cc1. The predicted molar refractivity (Wildman–Crippen MR) is 99.8 cm³/mol. The Balaban J connectivity index is 1.82. The van der Waals surface area contributed by atoms with Crippen molar-refractivity contribution in [3.63, 3.8) is 0 Å². The van der Waals surface area contributed by atoms with Gasteiger partial charge in [0.1, 0.15) is 5.75 Å². The number of benzene rings is 2. The topological polar surface area (TPSA) is 120 Å². The third-order valence-electron chi connectivity index (χ3n) is 3.65. The molecule has 27 heavy (non-hydrogen) atoms. The number of rotatable bonds is 7. The first-order chi connectivity index (χ1) is 12.9. The zero-order valence-corrected chi connectivity index (χ0v) is 15.0. The van der Waals surface area contributed by atoms with Crippen molar-refractivity contribution in [2.75, 3.05) is 7.11 Å². The second-order valence-electron chi connectivity index (χ2n) is 5.79. The van der Waals surface area contributed by atoms with Crippen LogP contribution >= 0.6 is 0 Å². The number of hydrogen-bond donors (Lipinski definition) is 4. The van der Waals surface area contributed by atoms with Crippen LogP contribution in [0.15, 0.2) is 47.6 Å². The van der Waals surface area contributed by atoms with Gasteiger partial charge in [0, 0.05) is 17.8 Å². The molecule has 0 atom stereocenters. The summed E-state index contributed by atoms with van der Waals surface area (Å²) in [5, 5.41) is 25.3. The number of carbonyl (C=O) groups excluding carboxylic acids is 2. The Kier molecular flexibility index (Phi) is 6.76. The normalized spacial score (nSPS) is 11.0. The maximum Gasteiger partial charge on any atom is 0.271 e. The largest absolute Gasteiger partial charge is 0.504 e. The molecule has 4 N–H and O–H groups in total. The number of methoxy groups -OCH3 is 1. The van der Waals surface area contributed by atoms with Gasteiger partial charge in [0.05, 0.1) is 13.5 Å². The standard InChI is InChI=1S/C19H21N3O5/c1-12(21-22-19(26)14-5-8-16(23)17(24)10-14)9-18(25)20-11-13-3-6-15(27-2)7-4-13/h3-8,10,23-24H,9,11H2,1-2H3,(H,20,25)(H,22,26). The van der Waals surface area contributed by atoms with Gasteiger partial charge in [-0.15, -0.1) is 0 Å². The van der Waals surface area contributed by atoms with Crippen LogP contribution in [0.5, 0.6) is 17.2 Å². The average molecular weight is 371 g/mol. The number of phenols is 2. The van der Waals surface area contributed by atoms with E-state index >= 15 is 0 Å². The van der Waals surface area contributed by atoms with Crippen molar-refractivity contribution >= 4 is 17.5 Å². The molecular formula is C19H21N3O5. The first-order valence-electron chi connectivity index (χ1n) is 8.14. The fraction of sp³-hybridized carbons (Fsp3) is 0.211. The van der Waals surface area contributed by atoms with Crippen molar-refractivity contribution < 1.29 is 24.5 Å². The van der Waals surface area contributed by atoms with E-state index in [1.807, 2.05) is 24.3 Å². The van der Waals surface area contributed by atoms with Gasteiger partial charge < -0.3 is 20.3 Å². The lowest BCUT2D eigenvalue weighted by atomic mass is 10.2. The number of amides is 2. The molecule has 8 nitrogen and oxygen atoms in total. The summed E-state index contributed by atoms with van der Waals surface area (Å²) in [6, 6.07) is 11.0. The molecule has 0 radical (unpaired) electrons. The molecule has 2 aromatic carbocycles. The summed E-state index contributed by atoms with van der Waals surface area (Å²) in [7, 11) is 1.59. The van der Waals surface area contributed by atoms with E-state index < -0.39 is 11.7 Å². The van der Waals surface area contributed by atoms with Crippen molar-refractivity contribution in [3.8, 4) is 17.2 Å². The van der Waals surface area contributed by atoms with Crippen LogP contribution in [0.2, 0.25) is 0 Å². The third-order valence-corrected chi connectivity index (χ3v) is 3.65. The number of hydrazone groups is 1. The van der Waals surface area contributed by atoms with Crippen LogP contribution in [0.4, 0.5) is 0 Å². The zero-order valence-electron chi connectivity index (χ0n) is 15.0. The number of aromatic hydroxyl groups is 2. The van der Waals surface area contributed by atoms with Gasteiger partial charge in [-0.2, -0.15) is 5.10 Å². The molecule has 0 aliphatic heterocycles. The zero-order chi connectivity index (χ0) is 19.8. The number of phenolic OH excluding ortho intramolecular Hbond substituents is 2. The molecule has 0 saturated carbocycles. The van der Waals surface area contributed by atoms with Crippen LogP contribution in [0.25, 0.3) is 0 Å². The Hall–Kier alpha value is -3.55. The molecule has 0 aliphatic rings. The highest BCUT2D eigenvalue weighted by atomic mass is 16.5. The predicted octanol–water partition coefficient (Wildman–Crippen LogP) is 1.92. The van der Waals surface area contributed by atoms with Gasteiger partial charge >= 0.3 is 0 Å². The molecule has 0 unspecified atom stereocenters. The molecule has 0 aliphatic carbocycles. The van der Waals surface area contributed by atoms with Crippen LogP contribution < -0.4 is 15.5 Å². The number of ether oxygens (including phenoxy) is 1. The van der Waals surface area contributed by atoms with Gasteiger partial charge in [0.15, 0.2) is 11.5 Å². The van der Waals surface area contributed by atoms with Crippen molar-refractivity contribution in [1.29, 1.82) is 0 Å². The van der Waals surface area contributed by atoms with E-state index in [9.17, 15) is 19.8 Å². The molecule has 2 rings (SSSR count). The van der Waals surface area contributed by atoms with Crippen molar-refractivity contribution in [3.05, 3.63) is 53.6 Å². The molecule has 0 bridgehead atoms. The minimum absolute atomic E-state index is 0.0251. The fourth-order valence-corrected chi connectivity index (χ4v) is 2.15. The third kappa shape index (κ3) is 6.03. The lowest BCUT2D eigenvalue weighted by Gasteiger charge is -2.07. The van der Waals surface area contributed by atoms with Crippen molar-refractivity contribution in [2.24, 2.45) is 5.10 Å². The summed E-state index contributed by atoms with van der Waals surface area (Å²) in [4.78, 5) is 23.9. The second-order valence-corrected chi connectivity index (χ2v) is 5.79. The van der Waals surface area contributed by atoms with E-state index in [-0.39, 0.29) is 23.6 Å². The molecule has 2 amide bonds. The van der Waals surface area contributed by atoms with Gasteiger partial charge in [-0.1, -0.05) is 12.1 Å². The summed E-state index contributed by atoms with van der Waals surface area (Å²) < 4.78 is 5.07. The first kappa shape index (κ1) is 19.8. The van der Waals surface area contributed by atoms with Crippen molar-refractivity contribution in [2.45, 2.75) is 19.9 Å². The number of nitrogens with zero attached hydrogens (tertiary/aromatic N) is 1. The average Bonchev–Trinajstić information content (AvgIpc) is 2.67. The summed E-state index contributed by atoms with van der Waals surface area (Å²) in [5.74, 6) is -0.779. The molecule has 0 fully saturated rings. The van der Waals surface area contributed by atoms with Crippen LogP contribution in [0.1, 0.15) is 29.3 Å². The molecule has 0 heterocycles. The molecule has 142 valence electrons. The van der Waals surface area contributed by atoms with Gasteiger partial charge in [-0.3, -0.25) is 9.59 Å². The highest BCUT2D eigenvalue weighted by Crippen LogP contribution is 2.24. The summed E-state index contributed by atoms with van der Waals surface area (Å²) >= 11 is 0. The molecule has 8 heteroatoms. The van der Waals surface area contributed by atoms with Crippen LogP contribution in [0.3, 0.4) is 0 Å². The quantitative estimate of drug-likeness (QED) is 0.337.